The van der Waals surface area contributed by atoms with Gasteiger partial charge in [0, 0.05) is 7.05 Å². The van der Waals surface area contributed by atoms with Crippen LogP contribution in [0.3, 0.4) is 0 Å². The van der Waals surface area contributed by atoms with Crippen molar-refractivity contribution in [3.8, 4) is 5.75 Å². The number of nitrogens with one attached hydrogen (secondary N) is 1. The van der Waals surface area contributed by atoms with Crippen LogP contribution in [0.25, 0.3) is 0 Å². The molecule has 2 atom stereocenters. The first-order chi connectivity index (χ1) is 11.3. The first-order valence-electron chi connectivity index (χ1n) is 8.14. The van der Waals surface area contributed by atoms with Gasteiger partial charge < -0.3 is 9.47 Å². The fraction of sp³-hybridized carbons (Fsp3) is 0.588. The van der Waals surface area contributed by atoms with Crippen LogP contribution < -0.4 is 10.2 Å². The van der Waals surface area contributed by atoms with Crippen LogP contribution in [0.4, 0.5) is 8.78 Å². The largest absolute Gasteiger partial charge is 0.493 e. The fourth-order valence-electron chi connectivity index (χ4n) is 3.38. The predicted octanol–water partition coefficient (Wildman–Crippen LogP) is 2.68. The number of benzene rings is 1. The molecule has 1 aromatic carbocycles. The standard InChI is InChI=1S/C17H22F2N2O3/c1-4-23-16(22)13-9-14(21(3)20-13)11-8-12-15(7-10(11)2)24-6-5-17(12,18)19/h7-8,13-14,20H,4-6,9H2,1-3H3. The number of alkyl halides is 2. The third-order valence-electron chi connectivity index (χ3n) is 4.65. The number of carbonyl (C=O) groups is 1. The lowest BCUT2D eigenvalue weighted by Crippen LogP contribution is -2.38. The van der Waals surface area contributed by atoms with Crippen molar-refractivity contribution in [1.29, 1.82) is 0 Å². The minimum atomic E-state index is -2.89. The summed E-state index contributed by atoms with van der Waals surface area (Å²) in [7, 11) is 1.80. The van der Waals surface area contributed by atoms with E-state index in [1.807, 2.05) is 6.92 Å². The average molecular weight is 340 g/mol. The van der Waals surface area contributed by atoms with E-state index >= 15 is 0 Å². The topological polar surface area (TPSA) is 50.8 Å². The van der Waals surface area contributed by atoms with Crippen LogP contribution >= 0.6 is 0 Å². The zero-order valence-corrected chi connectivity index (χ0v) is 14.1. The Kier molecular flexibility index (Phi) is 4.48. The molecule has 0 aliphatic carbocycles. The van der Waals surface area contributed by atoms with E-state index in [9.17, 15) is 13.6 Å². The molecular formula is C17H22F2N2O3. The van der Waals surface area contributed by atoms with Crippen molar-refractivity contribution in [1.82, 2.24) is 10.4 Å². The van der Waals surface area contributed by atoms with E-state index in [-0.39, 0.29) is 36.4 Å². The molecule has 7 heteroatoms. The molecule has 0 spiro atoms. The van der Waals surface area contributed by atoms with Gasteiger partial charge in [0.2, 0.25) is 0 Å². The van der Waals surface area contributed by atoms with Gasteiger partial charge in [-0.2, -0.15) is 0 Å². The molecule has 0 saturated carbocycles. The molecule has 1 saturated heterocycles. The highest BCUT2D eigenvalue weighted by atomic mass is 19.3. The molecular weight excluding hydrogens is 318 g/mol. The monoisotopic (exact) mass is 340 g/mol. The number of hydrogen-bond donors (Lipinski definition) is 1. The third kappa shape index (κ3) is 2.98. The van der Waals surface area contributed by atoms with Crippen molar-refractivity contribution in [2.24, 2.45) is 0 Å². The number of hydrazine groups is 1. The van der Waals surface area contributed by atoms with Crippen molar-refractivity contribution in [3.63, 3.8) is 0 Å². The zero-order chi connectivity index (χ0) is 17.5. The van der Waals surface area contributed by atoms with Gasteiger partial charge in [-0.15, -0.1) is 0 Å². The van der Waals surface area contributed by atoms with E-state index in [0.29, 0.717) is 13.0 Å². The number of ether oxygens (including phenoxy) is 2. The lowest BCUT2D eigenvalue weighted by molar-refractivity contribution is -0.145. The van der Waals surface area contributed by atoms with Crippen LogP contribution in [-0.2, 0) is 15.5 Å². The van der Waals surface area contributed by atoms with E-state index in [1.165, 1.54) is 6.07 Å². The summed E-state index contributed by atoms with van der Waals surface area (Å²) >= 11 is 0. The molecule has 1 aromatic rings. The number of nitrogens with zero attached hydrogens (tertiary/aromatic N) is 1. The van der Waals surface area contributed by atoms with Gasteiger partial charge in [0.25, 0.3) is 5.92 Å². The molecule has 5 nitrogen and oxygen atoms in total. The Hall–Kier alpha value is -1.73. The van der Waals surface area contributed by atoms with Crippen LogP contribution in [0.5, 0.6) is 5.75 Å². The predicted molar refractivity (Wildman–Crippen MR) is 83.9 cm³/mol. The van der Waals surface area contributed by atoms with Gasteiger partial charge in [-0.05, 0) is 43.5 Å². The van der Waals surface area contributed by atoms with Gasteiger partial charge >= 0.3 is 5.97 Å². The lowest BCUT2D eigenvalue weighted by Gasteiger charge is -2.29. The number of esters is 1. The minimum Gasteiger partial charge on any atom is -0.493 e. The Balaban J connectivity index is 1.91. The highest BCUT2D eigenvalue weighted by Gasteiger charge is 2.41. The maximum Gasteiger partial charge on any atom is 0.324 e. The maximum absolute atomic E-state index is 14.2. The Morgan fingerprint density at radius 1 is 1.50 bits per heavy atom. The SMILES string of the molecule is CCOC(=O)C1CC(c2cc3c(cc2C)OCCC3(F)F)N(C)N1. The second-order valence-electron chi connectivity index (χ2n) is 6.30. The minimum absolute atomic E-state index is 0.0224. The first kappa shape index (κ1) is 17.1. The van der Waals surface area contributed by atoms with Gasteiger partial charge in [0.05, 0.1) is 31.2 Å². The Morgan fingerprint density at radius 3 is 2.96 bits per heavy atom. The molecule has 3 rings (SSSR count). The number of carbonyl (C=O) groups excluding carboxylic acids is 1. The van der Waals surface area contributed by atoms with Crippen molar-refractivity contribution >= 4 is 5.97 Å². The smallest absolute Gasteiger partial charge is 0.324 e. The molecule has 1 fully saturated rings. The number of aryl methyl sites for hydroxylation is 1. The third-order valence-corrected chi connectivity index (χ3v) is 4.65. The summed E-state index contributed by atoms with van der Waals surface area (Å²) in [6.45, 7) is 3.96. The molecule has 2 aliphatic heterocycles. The van der Waals surface area contributed by atoms with Gasteiger partial charge in [0.1, 0.15) is 11.8 Å². The second kappa shape index (κ2) is 6.29. The van der Waals surface area contributed by atoms with Crippen LogP contribution in [0.1, 0.15) is 42.5 Å². The lowest BCUT2D eigenvalue weighted by atomic mass is 9.91. The normalized spacial score (nSPS) is 25.9. The van der Waals surface area contributed by atoms with Crippen LogP contribution in [0, 0.1) is 6.92 Å². The molecule has 2 aliphatic rings. The van der Waals surface area contributed by atoms with E-state index in [2.05, 4.69) is 5.43 Å². The second-order valence-corrected chi connectivity index (χ2v) is 6.30. The molecule has 132 valence electrons. The summed E-state index contributed by atoms with van der Waals surface area (Å²) in [5, 5.41) is 1.79. The number of rotatable bonds is 3. The Labute approximate surface area is 139 Å². The summed E-state index contributed by atoms with van der Waals surface area (Å²) < 4.78 is 38.9. The molecule has 2 heterocycles. The quantitative estimate of drug-likeness (QED) is 0.858. The van der Waals surface area contributed by atoms with Crippen molar-refractivity contribution in [2.75, 3.05) is 20.3 Å². The van der Waals surface area contributed by atoms with Crippen molar-refractivity contribution in [2.45, 2.75) is 44.7 Å². The van der Waals surface area contributed by atoms with Gasteiger partial charge in [-0.25, -0.2) is 19.2 Å². The average Bonchev–Trinajstić information content (AvgIpc) is 2.88. The molecule has 0 aromatic heterocycles. The van der Waals surface area contributed by atoms with Crippen LogP contribution in [0.2, 0.25) is 0 Å². The number of fused-ring (bicyclic) bond motifs is 1. The number of hydrogen-bond acceptors (Lipinski definition) is 5. The first-order valence-corrected chi connectivity index (χ1v) is 8.14. The highest BCUT2D eigenvalue weighted by Crippen LogP contribution is 2.44. The molecule has 1 N–H and O–H groups in total. The van der Waals surface area contributed by atoms with E-state index < -0.39 is 12.0 Å². The van der Waals surface area contributed by atoms with E-state index in [4.69, 9.17) is 9.47 Å². The molecule has 24 heavy (non-hydrogen) atoms. The molecule has 0 bridgehead atoms. The van der Waals surface area contributed by atoms with Gasteiger partial charge in [0.15, 0.2) is 0 Å². The summed E-state index contributed by atoms with van der Waals surface area (Å²) in [6, 6.07) is 2.55. The summed E-state index contributed by atoms with van der Waals surface area (Å²) in [5.41, 5.74) is 4.64. The Morgan fingerprint density at radius 2 is 2.25 bits per heavy atom. The fourth-order valence-corrected chi connectivity index (χ4v) is 3.38. The Bertz CT molecular complexity index is 651. The van der Waals surface area contributed by atoms with E-state index in [1.54, 1.807) is 25.0 Å². The highest BCUT2D eigenvalue weighted by molar-refractivity contribution is 5.76. The summed E-state index contributed by atoms with van der Waals surface area (Å²) in [6.07, 6.45) is 0.161. The molecule has 0 amide bonds. The zero-order valence-electron chi connectivity index (χ0n) is 14.1. The molecule has 0 radical (unpaired) electrons. The number of halogens is 2. The van der Waals surface area contributed by atoms with Gasteiger partial charge in [-0.3, -0.25) is 4.79 Å². The van der Waals surface area contributed by atoms with E-state index in [0.717, 1.165) is 11.1 Å². The van der Waals surface area contributed by atoms with Crippen molar-refractivity contribution in [3.05, 3.63) is 28.8 Å². The maximum atomic E-state index is 14.2. The summed E-state index contributed by atoms with van der Waals surface area (Å²) in [5.74, 6) is -2.96. The van der Waals surface area contributed by atoms with Crippen LogP contribution in [0.15, 0.2) is 12.1 Å². The summed E-state index contributed by atoms with van der Waals surface area (Å²) in [4.78, 5) is 11.9. The van der Waals surface area contributed by atoms with Crippen LogP contribution in [-0.4, -0.2) is 37.3 Å². The van der Waals surface area contributed by atoms with Crippen molar-refractivity contribution < 1.29 is 23.0 Å². The molecule has 2 unspecified atom stereocenters. The van der Waals surface area contributed by atoms with Gasteiger partial charge in [-0.1, -0.05) is 0 Å².